The standard InChI is InChI=1S/C19H12F7N3O3.C11H10F7N.C8H4N2O4/c1-9-3-13(17(20,18(21,22)23)19(24,25)26)4-10(2)15(9)28-16(30)12-5-11(8-27)6-14(7-12)29(31)32;1-5-3-7(4-6(2)8(5)19)9(12,10(13,14)15)11(16,17)18;9-4-5-1-6(8(11)12)3-7(2-5)10(13)14/h3-7H,1-2H3,(H,28,30);3-4H,19H2,1-2H3;1-3H,(H,11,12). The first-order chi connectivity index (χ1) is 29.4. The summed E-state index contributed by atoms with van der Waals surface area (Å²) in [4.78, 5) is 42.7. The van der Waals surface area contributed by atoms with Gasteiger partial charge in [0, 0.05) is 52.3 Å². The van der Waals surface area contributed by atoms with Crippen LogP contribution in [0.2, 0.25) is 0 Å². The van der Waals surface area contributed by atoms with Gasteiger partial charge in [-0.2, -0.15) is 63.2 Å². The van der Waals surface area contributed by atoms with Gasteiger partial charge in [-0.15, -0.1) is 0 Å². The van der Waals surface area contributed by atoms with Crippen LogP contribution >= 0.6 is 0 Å². The highest BCUT2D eigenvalue weighted by Crippen LogP contribution is 2.55. The van der Waals surface area contributed by atoms with Crippen molar-refractivity contribution in [1.29, 1.82) is 10.5 Å². The number of alkyl halides is 14. The molecule has 65 heavy (non-hydrogen) atoms. The zero-order valence-corrected chi connectivity index (χ0v) is 32.8. The molecule has 4 N–H and O–H groups in total. The number of anilines is 2. The largest absolute Gasteiger partial charge is 0.478 e. The molecule has 0 fully saturated rings. The number of rotatable bonds is 7. The fourth-order valence-electron chi connectivity index (χ4n) is 5.51. The molecule has 0 bridgehead atoms. The van der Waals surface area contributed by atoms with Gasteiger partial charge in [-0.05, 0) is 62.1 Å². The third kappa shape index (κ3) is 11.5. The van der Waals surface area contributed by atoms with E-state index in [0.29, 0.717) is 24.3 Å². The van der Waals surface area contributed by atoms with Gasteiger partial charge in [0.15, 0.2) is 0 Å². The Hall–Kier alpha value is -7.58. The number of aromatic carboxylic acids is 1. The Morgan fingerprint density at radius 3 is 1.17 bits per heavy atom. The average molecular weight is 945 g/mol. The lowest BCUT2D eigenvalue weighted by Gasteiger charge is -2.31. The number of aryl methyl sites for hydroxylation is 4. The Bertz CT molecular complexity index is 2510. The molecule has 27 heteroatoms. The number of halogens is 14. The number of nitrogen functional groups attached to an aromatic ring is 1. The lowest BCUT2D eigenvalue weighted by molar-refractivity contribution is -0.385. The fourth-order valence-corrected chi connectivity index (χ4v) is 5.51. The molecule has 0 spiro atoms. The molecule has 4 rings (SSSR count). The number of nitro benzene ring substituents is 2. The number of carbonyl (C=O) groups excluding carboxylic acids is 1. The Kier molecular flexibility index (Phi) is 15.7. The minimum atomic E-state index is -6.30. The van der Waals surface area contributed by atoms with E-state index >= 15 is 0 Å². The van der Waals surface area contributed by atoms with E-state index < -0.39 is 80.3 Å². The monoisotopic (exact) mass is 944 g/mol. The van der Waals surface area contributed by atoms with Gasteiger partial charge >= 0.3 is 42.0 Å². The molecule has 0 atom stereocenters. The Balaban J connectivity index is 0.000000371. The number of benzene rings is 4. The first-order valence-corrected chi connectivity index (χ1v) is 17.0. The number of carboxylic acids is 1. The van der Waals surface area contributed by atoms with E-state index in [1.165, 1.54) is 13.8 Å². The van der Waals surface area contributed by atoms with E-state index in [4.69, 9.17) is 21.4 Å². The molecular formula is C38H26F14N6O7. The van der Waals surface area contributed by atoms with Crippen LogP contribution in [0.1, 0.15) is 65.2 Å². The normalized spacial score (nSPS) is 12.0. The van der Waals surface area contributed by atoms with Crippen molar-refractivity contribution in [3.8, 4) is 12.1 Å². The molecule has 13 nitrogen and oxygen atoms in total. The maximum Gasteiger partial charge on any atom is 0.435 e. The second-order valence-corrected chi connectivity index (χ2v) is 13.4. The third-order valence-electron chi connectivity index (χ3n) is 8.75. The quantitative estimate of drug-likeness (QED) is 0.0687. The summed E-state index contributed by atoms with van der Waals surface area (Å²) in [7, 11) is 0. The molecule has 4 aromatic rings. The van der Waals surface area contributed by atoms with Crippen LogP contribution in [0.15, 0.2) is 60.7 Å². The van der Waals surface area contributed by atoms with E-state index in [-0.39, 0.29) is 55.9 Å². The van der Waals surface area contributed by atoms with Crippen LogP contribution < -0.4 is 11.1 Å². The third-order valence-corrected chi connectivity index (χ3v) is 8.75. The number of carbonyl (C=O) groups is 2. The predicted octanol–water partition coefficient (Wildman–Crippen LogP) is 11.0. The van der Waals surface area contributed by atoms with Gasteiger partial charge in [-0.3, -0.25) is 25.0 Å². The highest BCUT2D eigenvalue weighted by atomic mass is 19.4. The summed E-state index contributed by atoms with van der Waals surface area (Å²) in [5.41, 5.74) is -11.7. The highest BCUT2D eigenvalue weighted by Gasteiger charge is 2.74. The van der Waals surface area contributed by atoms with Crippen molar-refractivity contribution in [2.24, 2.45) is 0 Å². The number of hydrogen-bond donors (Lipinski definition) is 3. The van der Waals surface area contributed by atoms with Gasteiger partial charge in [0.25, 0.3) is 17.3 Å². The van der Waals surface area contributed by atoms with Crippen molar-refractivity contribution in [2.75, 3.05) is 11.1 Å². The maximum atomic E-state index is 14.3. The van der Waals surface area contributed by atoms with E-state index in [9.17, 15) is 91.3 Å². The predicted molar refractivity (Wildman–Crippen MR) is 197 cm³/mol. The second-order valence-electron chi connectivity index (χ2n) is 13.4. The van der Waals surface area contributed by atoms with Gasteiger partial charge in [0.2, 0.25) is 0 Å². The first kappa shape index (κ1) is 53.6. The molecule has 0 unspecified atom stereocenters. The van der Waals surface area contributed by atoms with Crippen LogP contribution in [0.3, 0.4) is 0 Å². The molecule has 348 valence electrons. The minimum absolute atomic E-state index is 0.0236. The van der Waals surface area contributed by atoms with Crippen molar-refractivity contribution in [1.82, 2.24) is 0 Å². The summed E-state index contributed by atoms with van der Waals surface area (Å²) < 4.78 is 181. The van der Waals surface area contributed by atoms with Gasteiger partial charge in [-0.25, -0.2) is 13.6 Å². The number of non-ortho nitro benzene ring substituents is 2. The van der Waals surface area contributed by atoms with E-state index in [0.717, 1.165) is 50.2 Å². The van der Waals surface area contributed by atoms with E-state index in [1.54, 1.807) is 12.1 Å². The number of amides is 1. The second kappa shape index (κ2) is 19.0. The van der Waals surface area contributed by atoms with Crippen LogP contribution in [-0.4, -0.2) is 51.5 Å². The zero-order chi connectivity index (χ0) is 50.6. The number of nitro groups is 2. The number of hydrogen-bond acceptors (Lipinski definition) is 9. The number of nitrogens with zero attached hydrogens (tertiary/aromatic N) is 4. The first-order valence-electron chi connectivity index (χ1n) is 17.0. The highest BCUT2D eigenvalue weighted by molar-refractivity contribution is 6.05. The number of carboxylic acid groups (broad SMARTS) is 1. The Morgan fingerprint density at radius 1 is 0.569 bits per heavy atom. The zero-order valence-electron chi connectivity index (χ0n) is 32.8. The summed E-state index contributed by atoms with van der Waals surface area (Å²) in [6.45, 7) is 4.51. The molecule has 0 heterocycles. The number of nitriles is 2. The minimum Gasteiger partial charge on any atom is -0.478 e. The number of nitrogens with two attached hydrogens (primary N) is 1. The molecular weight excluding hydrogens is 918 g/mol. The van der Waals surface area contributed by atoms with Crippen LogP contribution in [0.25, 0.3) is 0 Å². The molecule has 4 aromatic carbocycles. The van der Waals surface area contributed by atoms with Crippen molar-refractivity contribution >= 4 is 34.6 Å². The molecule has 1 amide bonds. The Labute approximate surface area is 354 Å². The molecule has 0 saturated heterocycles. The molecule has 0 aliphatic rings. The van der Waals surface area contributed by atoms with Gasteiger partial charge < -0.3 is 16.2 Å². The summed E-state index contributed by atoms with van der Waals surface area (Å²) in [5.74, 6) is -2.33. The SMILES string of the molecule is Cc1cc(C(F)(C(F)(F)F)C(F)(F)F)cc(C)c1N.Cc1cc(C(F)(C(F)(F)F)C(F)(F)F)cc(C)c1NC(=O)c1cc(C#N)cc([N+](=O)[O-])c1.N#Cc1cc(C(=O)O)cc([N+](=O)[O-])c1. The van der Waals surface area contributed by atoms with Crippen molar-refractivity contribution in [3.63, 3.8) is 0 Å². The van der Waals surface area contributed by atoms with Crippen molar-refractivity contribution in [2.45, 2.75) is 63.7 Å². The van der Waals surface area contributed by atoms with Gasteiger partial charge in [-0.1, -0.05) is 24.3 Å². The summed E-state index contributed by atoms with van der Waals surface area (Å²) in [6.07, 6.45) is -24.8. The molecule has 0 saturated carbocycles. The molecule has 0 aliphatic carbocycles. The fraction of sp³-hybridized carbons (Fsp3) is 0.263. The van der Waals surface area contributed by atoms with Crippen molar-refractivity contribution in [3.05, 3.63) is 137 Å². The molecule has 0 radical (unpaired) electrons. The van der Waals surface area contributed by atoms with Crippen LogP contribution in [0, 0.1) is 70.6 Å². The van der Waals surface area contributed by atoms with Crippen LogP contribution in [0.4, 0.5) is 84.2 Å². The average Bonchev–Trinajstić information content (AvgIpc) is 3.18. The van der Waals surface area contributed by atoms with Crippen LogP contribution in [0.5, 0.6) is 0 Å². The maximum absolute atomic E-state index is 14.3. The lowest BCUT2D eigenvalue weighted by atomic mass is 9.90. The summed E-state index contributed by atoms with van der Waals surface area (Å²) in [5, 5.41) is 49.5. The summed E-state index contributed by atoms with van der Waals surface area (Å²) in [6, 6.07) is 10.5. The Morgan fingerprint density at radius 2 is 0.877 bits per heavy atom. The molecule has 0 aliphatic heterocycles. The number of nitrogens with one attached hydrogen (secondary N) is 1. The van der Waals surface area contributed by atoms with Crippen molar-refractivity contribution < 1.29 is 86.0 Å². The molecule has 0 aromatic heterocycles. The lowest BCUT2D eigenvalue weighted by Crippen LogP contribution is -2.50. The topological polar surface area (TPSA) is 226 Å². The van der Waals surface area contributed by atoms with Gasteiger partial charge in [0.1, 0.15) is 0 Å². The van der Waals surface area contributed by atoms with E-state index in [2.05, 4.69) is 5.32 Å². The van der Waals surface area contributed by atoms with Gasteiger partial charge in [0.05, 0.1) is 38.7 Å². The van der Waals surface area contributed by atoms with E-state index in [1.807, 2.05) is 0 Å². The smallest absolute Gasteiger partial charge is 0.435 e. The summed E-state index contributed by atoms with van der Waals surface area (Å²) >= 11 is 0. The van der Waals surface area contributed by atoms with Crippen LogP contribution in [-0.2, 0) is 11.3 Å².